The molecule has 0 unspecified atom stereocenters. The van der Waals surface area contributed by atoms with E-state index in [1.165, 1.54) is 24.3 Å². The van der Waals surface area contributed by atoms with Gasteiger partial charge in [-0.1, -0.05) is 15.1 Å². The summed E-state index contributed by atoms with van der Waals surface area (Å²) in [6, 6.07) is 15.2. The van der Waals surface area contributed by atoms with E-state index in [4.69, 9.17) is 21.5 Å². The first-order valence-electron chi connectivity index (χ1n) is 25.4. The number of hydrogen-bond donors (Lipinski definition) is 13. The minimum Gasteiger partial charge on any atom is -0.505 e. The highest BCUT2D eigenvalue weighted by molar-refractivity contribution is 7.95. The number of fused-ring (bicyclic) bond motifs is 3. The van der Waals surface area contributed by atoms with E-state index < -0.39 is 200 Å². The summed E-state index contributed by atoms with van der Waals surface area (Å²) in [6.07, 6.45) is 0. The second kappa shape index (κ2) is 29.6. The molecule has 0 bridgehead atoms. The van der Waals surface area contributed by atoms with Gasteiger partial charge in [0.05, 0.1) is 83.1 Å². The lowest BCUT2D eigenvalue weighted by atomic mass is 10.0. The summed E-state index contributed by atoms with van der Waals surface area (Å²) in [7, 11) is -32.4. The Morgan fingerprint density at radius 3 is 1.44 bits per heavy atom. The highest BCUT2D eigenvalue weighted by Gasteiger charge is 2.31. The highest BCUT2D eigenvalue weighted by Crippen LogP contribution is 2.52. The molecule has 0 atom stereocenters. The molecule has 530 valence electrons. The first-order valence-corrected chi connectivity index (χ1v) is 36.3. The Morgan fingerprint density at radius 2 is 0.871 bits per heavy atom. The Hall–Kier alpha value is -9.49. The molecule has 14 N–H and O–H groups in total. The average molecular weight is 1580 g/mol. The predicted octanol–water partition coefficient (Wildman–Crippen LogP) is 12.6. The minimum atomic E-state index is -5.80. The summed E-state index contributed by atoms with van der Waals surface area (Å²) in [5, 5.41) is 118. The number of nitrogens with zero attached hydrogens (tertiary/aromatic N) is 11. The molecule has 0 aromatic heterocycles. The van der Waals surface area contributed by atoms with Gasteiger partial charge < -0.3 is 21.1 Å². The van der Waals surface area contributed by atoms with Gasteiger partial charge in [-0.2, -0.15) is 60.7 Å². The fourth-order valence-electron chi connectivity index (χ4n) is 8.79. The quantitative estimate of drug-likeness (QED) is 0.00455. The van der Waals surface area contributed by atoms with Gasteiger partial charge in [-0.05, 0) is 102 Å². The van der Waals surface area contributed by atoms with Crippen molar-refractivity contribution in [3.8, 4) is 17.2 Å². The lowest BCUT2D eigenvalue weighted by Crippen LogP contribution is -2.03. The lowest BCUT2D eigenvalue weighted by Gasteiger charge is -2.15. The van der Waals surface area contributed by atoms with E-state index >= 15 is 0 Å². The molecule has 0 radical (unpaired) electrons. The number of hydrogen-bond acceptors (Lipinski definition) is 40. The second-order valence-electron chi connectivity index (χ2n) is 19.1. The normalized spacial score (nSPS) is 13.1. The van der Waals surface area contributed by atoms with Crippen molar-refractivity contribution in [1.29, 1.82) is 0 Å². The largest absolute Gasteiger partial charge is 0.505 e. The SMILES string of the molecule is Nc1c(N=Nc2ccc3c(O)c(N=Nc4cc5c(O)c(N=Nc6ccc(N=Nc7ccc(S(=O)(=O)O)cc7)cc6SOOO)c(S(=O)(=O)O)cc5cc4SOOO)c(S(=O)(=O)O)cc3c2S(=O)(=O)O)cc(S(=O)(=O)O)c2cc(SOOO)c(N=Nc3ccc([N+](=O)[O-])cc3S(=O)(=O)O)c(O)c12. The van der Waals surface area contributed by atoms with Crippen LogP contribution in [0, 0.1) is 10.1 Å². The molecule has 53 heteroatoms. The number of azo groups is 5. The summed E-state index contributed by atoms with van der Waals surface area (Å²) in [5.74, 6) is -3.78. The second-order valence-corrected chi connectivity index (χ2v) is 29.6. The van der Waals surface area contributed by atoms with Crippen LogP contribution >= 0.6 is 36.1 Å². The number of phenols is 3. The zero-order valence-corrected chi connectivity index (χ0v) is 55.4. The number of nitrogen functional groups attached to an aromatic ring is 1. The fourth-order valence-corrected chi connectivity index (χ4v) is 14.2. The zero-order valence-electron chi connectivity index (χ0n) is 48.1. The van der Waals surface area contributed by atoms with E-state index in [1.54, 1.807) is 0 Å². The average Bonchev–Trinajstić information content (AvgIpc) is 0.756. The van der Waals surface area contributed by atoms with Crippen molar-refractivity contribution in [1.82, 2.24) is 0 Å². The van der Waals surface area contributed by atoms with Crippen molar-refractivity contribution in [3.63, 3.8) is 0 Å². The topological polar surface area (TPSA) is 696 Å². The maximum atomic E-state index is 13.3. The van der Waals surface area contributed by atoms with Gasteiger partial charge >= 0.3 is 0 Å². The number of aromatic hydroxyl groups is 3. The Balaban J connectivity index is 1.15. The van der Waals surface area contributed by atoms with Gasteiger partial charge in [0, 0.05) is 33.7 Å². The van der Waals surface area contributed by atoms with E-state index in [9.17, 15) is 103 Å². The number of anilines is 1. The molecule has 0 fully saturated rings. The van der Waals surface area contributed by atoms with Gasteiger partial charge in [0.15, 0.2) is 17.2 Å². The summed E-state index contributed by atoms with van der Waals surface area (Å²) >= 11 is 0.259. The molecule has 101 heavy (non-hydrogen) atoms. The van der Waals surface area contributed by atoms with Gasteiger partial charge in [0.25, 0.3) is 66.4 Å². The zero-order chi connectivity index (χ0) is 74.1. The van der Waals surface area contributed by atoms with Gasteiger partial charge in [-0.3, -0.25) is 37.4 Å². The van der Waals surface area contributed by atoms with Crippen molar-refractivity contribution in [2.45, 2.75) is 44.1 Å². The van der Waals surface area contributed by atoms with Gasteiger partial charge in [0.1, 0.15) is 70.0 Å². The van der Waals surface area contributed by atoms with Crippen molar-refractivity contribution in [2.24, 2.45) is 51.1 Å². The molecule has 0 spiro atoms. The molecule has 0 saturated carbocycles. The maximum absolute atomic E-state index is 13.3. The van der Waals surface area contributed by atoms with Gasteiger partial charge in [-0.15, -0.1) is 53.9 Å². The number of nitro groups is 1. The molecular formula is C48H32N12O32S9. The number of non-ortho nitro benzene ring substituents is 1. The lowest BCUT2D eigenvalue weighted by molar-refractivity contribution is -0.432. The maximum Gasteiger partial charge on any atom is 0.297 e. The summed E-state index contributed by atoms with van der Waals surface area (Å²) in [6.45, 7) is 0. The predicted molar refractivity (Wildman–Crippen MR) is 339 cm³/mol. The molecule has 0 amide bonds. The molecule has 9 rings (SSSR count). The molecule has 0 saturated heterocycles. The van der Waals surface area contributed by atoms with E-state index in [-0.39, 0.29) is 63.5 Å². The Morgan fingerprint density at radius 1 is 0.386 bits per heavy atom. The van der Waals surface area contributed by atoms with Crippen LogP contribution in [-0.2, 0) is 88.8 Å². The van der Waals surface area contributed by atoms with Crippen LogP contribution in [0.5, 0.6) is 17.2 Å². The molecule has 0 heterocycles. The minimum absolute atomic E-state index is 0.0117. The van der Waals surface area contributed by atoms with Crippen LogP contribution in [0.15, 0.2) is 204 Å². The van der Waals surface area contributed by atoms with E-state index in [2.05, 4.69) is 79.3 Å². The third kappa shape index (κ3) is 17.0. The number of phenolic OH excluding ortho intramolecular Hbond substituents is 3. The van der Waals surface area contributed by atoms with E-state index in [1.807, 2.05) is 0 Å². The van der Waals surface area contributed by atoms with Crippen LogP contribution in [0.25, 0.3) is 32.3 Å². The van der Waals surface area contributed by atoms with Gasteiger partial charge in [-0.25, -0.2) is 15.8 Å². The number of rotatable bonds is 26. The Labute approximate surface area is 573 Å². The van der Waals surface area contributed by atoms with Crippen LogP contribution in [0.2, 0.25) is 0 Å². The highest BCUT2D eigenvalue weighted by atomic mass is 32.2. The fraction of sp³-hybridized carbons (Fsp3) is 0. The van der Waals surface area contributed by atoms with Gasteiger partial charge in [0.2, 0.25) is 0 Å². The monoisotopic (exact) mass is 1580 g/mol. The van der Waals surface area contributed by atoms with Crippen molar-refractivity contribution in [2.75, 3.05) is 5.73 Å². The molecule has 9 aromatic rings. The molecule has 9 aromatic carbocycles. The molecule has 0 aliphatic carbocycles. The number of nitrogens with two attached hydrogens (primary N) is 1. The van der Waals surface area contributed by atoms with Crippen molar-refractivity contribution < 1.29 is 142 Å². The smallest absolute Gasteiger partial charge is 0.297 e. The standard InChI is InChI=1S/C48H32N12O32S9/c49-41-32(18-36(97(72,73)74)27-16-35(95-92-89-68)42(47(63)40(27)41)57-53-29-9-4-22(60(64)65)14-37(29)98(75,76)77)56-54-30-10-7-24-26(48(30)101(84,85)86)17-39(100(81,82)83)44(45(24)61)59-55-31-15-25-19(11-33(31)93-90-87-66)12-38(99(78,79)80)43(46(25)62)58-52-28-8-3-21(13-34(28)94-91-88-67)51-50-20-1-5-23(6-2-20)96(69,70)71/h1-18,61-63,66-68H,49H2,(H,69,70,71)(H,72,73,74)(H,75,76,77)(H,78,79,80)(H,81,82,83)(H,84,85,86). The summed E-state index contributed by atoms with van der Waals surface area (Å²) in [5.41, 5.74) is -2.11. The summed E-state index contributed by atoms with van der Waals surface area (Å²) < 4.78 is 227. The van der Waals surface area contributed by atoms with Crippen LogP contribution in [-0.4, -0.2) is 114 Å². The molecule has 44 nitrogen and oxygen atoms in total. The Kier molecular flexibility index (Phi) is 22.2. The van der Waals surface area contributed by atoms with Crippen LogP contribution < -0.4 is 5.73 Å². The summed E-state index contributed by atoms with van der Waals surface area (Å²) in [4.78, 5) is 2.20. The van der Waals surface area contributed by atoms with E-state index in [0.717, 1.165) is 54.6 Å². The molecule has 0 aliphatic rings. The molecule has 0 aliphatic heterocycles. The first kappa shape index (κ1) is 75.7. The third-order valence-electron chi connectivity index (χ3n) is 13.0. The number of benzene rings is 9. The van der Waals surface area contributed by atoms with Crippen molar-refractivity contribution >= 4 is 197 Å². The van der Waals surface area contributed by atoms with Crippen molar-refractivity contribution in [3.05, 3.63) is 119 Å². The first-order chi connectivity index (χ1) is 47.2. The van der Waals surface area contributed by atoms with Crippen LogP contribution in [0.3, 0.4) is 0 Å². The third-order valence-corrected chi connectivity index (χ3v) is 20.2. The molecular weight excluding hydrogens is 1550 g/mol. The van der Waals surface area contributed by atoms with E-state index in [0.29, 0.717) is 30.3 Å². The van der Waals surface area contributed by atoms with Crippen LogP contribution in [0.1, 0.15) is 0 Å². The van der Waals surface area contributed by atoms with Crippen LogP contribution in [0.4, 0.5) is 68.2 Å². The number of nitro benzene ring substituents is 1. The Bertz CT molecular complexity index is 5840.